The third-order valence-corrected chi connectivity index (χ3v) is 4.20. The van der Waals surface area contributed by atoms with Crippen molar-refractivity contribution in [2.24, 2.45) is 5.92 Å². The Kier molecular flexibility index (Phi) is 3.99. The fourth-order valence-electron chi connectivity index (χ4n) is 2.93. The van der Waals surface area contributed by atoms with Crippen molar-refractivity contribution in [3.8, 4) is 5.69 Å². The number of carbonyl (C=O) groups excluding carboxylic acids is 2. The number of ketones is 1. The summed E-state index contributed by atoms with van der Waals surface area (Å²) in [6, 6.07) is 3.36. The van der Waals surface area contributed by atoms with Crippen LogP contribution in [0.3, 0.4) is 0 Å². The predicted octanol–water partition coefficient (Wildman–Crippen LogP) is 4.23. The molecule has 0 saturated carbocycles. The molecule has 1 aliphatic rings. The minimum absolute atomic E-state index is 0.0221. The van der Waals surface area contributed by atoms with E-state index in [-0.39, 0.29) is 29.2 Å². The highest BCUT2D eigenvalue weighted by molar-refractivity contribution is 6.30. The number of fused-ring (bicyclic) bond motifs is 1. The van der Waals surface area contributed by atoms with Crippen LogP contribution in [0, 0.1) is 11.7 Å². The highest BCUT2D eigenvalue weighted by Gasteiger charge is 2.42. The van der Waals surface area contributed by atoms with E-state index < -0.39 is 34.8 Å². The summed E-state index contributed by atoms with van der Waals surface area (Å²) in [7, 11) is 0. The molecule has 0 saturated heterocycles. The molecule has 2 aromatic rings. The van der Waals surface area contributed by atoms with Gasteiger partial charge in [0.15, 0.2) is 5.78 Å². The molecule has 1 heterocycles. The number of halogens is 5. The lowest BCUT2D eigenvalue weighted by molar-refractivity contribution is -0.138. The number of nitrogens with zero attached hydrogens (tertiary/aromatic N) is 1. The van der Waals surface area contributed by atoms with Gasteiger partial charge in [-0.15, -0.1) is 0 Å². The number of alkyl halides is 3. The predicted molar refractivity (Wildman–Crippen MR) is 77.9 cm³/mol. The number of aldehydes is 1. The first kappa shape index (κ1) is 16.7. The van der Waals surface area contributed by atoms with Crippen molar-refractivity contribution >= 4 is 23.7 Å². The van der Waals surface area contributed by atoms with E-state index in [0.717, 1.165) is 22.9 Å². The molecule has 1 atom stereocenters. The summed E-state index contributed by atoms with van der Waals surface area (Å²) in [5.74, 6) is -2.66. The quantitative estimate of drug-likeness (QED) is 0.457. The summed E-state index contributed by atoms with van der Waals surface area (Å²) in [6.07, 6.45) is -3.45. The van der Waals surface area contributed by atoms with Gasteiger partial charge in [0.05, 0.1) is 17.0 Å². The molecule has 0 N–H and O–H groups in total. The molecule has 0 amide bonds. The van der Waals surface area contributed by atoms with Crippen molar-refractivity contribution in [2.75, 3.05) is 0 Å². The van der Waals surface area contributed by atoms with E-state index in [1.807, 2.05) is 0 Å². The SMILES string of the molecule is O=CC1CCc2c(c(C(F)(F)F)cn2-c2cc(F)cc(Cl)c2)C1=O. The first-order valence-electron chi connectivity index (χ1n) is 6.99. The molecule has 0 radical (unpaired) electrons. The smallest absolute Gasteiger partial charge is 0.319 e. The van der Waals surface area contributed by atoms with Crippen LogP contribution < -0.4 is 0 Å². The minimum atomic E-state index is -4.77. The Hall–Kier alpha value is -2.15. The molecule has 3 rings (SSSR count). The molecule has 0 spiro atoms. The zero-order chi connectivity index (χ0) is 17.6. The monoisotopic (exact) mass is 359 g/mol. The summed E-state index contributed by atoms with van der Waals surface area (Å²) in [5, 5.41) is 0.0221. The van der Waals surface area contributed by atoms with Gasteiger partial charge in [-0.3, -0.25) is 4.79 Å². The zero-order valence-electron chi connectivity index (χ0n) is 12.0. The average molecular weight is 360 g/mol. The van der Waals surface area contributed by atoms with Gasteiger partial charge < -0.3 is 9.36 Å². The maximum atomic E-state index is 13.5. The molecule has 0 bridgehead atoms. The van der Waals surface area contributed by atoms with Gasteiger partial charge in [0.25, 0.3) is 0 Å². The molecule has 0 fully saturated rings. The topological polar surface area (TPSA) is 39.1 Å². The van der Waals surface area contributed by atoms with Crippen LogP contribution in [0.25, 0.3) is 5.69 Å². The zero-order valence-corrected chi connectivity index (χ0v) is 12.8. The largest absolute Gasteiger partial charge is 0.418 e. The van der Waals surface area contributed by atoms with E-state index in [4.69, 9.17) is 11.6 Å². The molecule has 1 aromatic heterocycles. The Morgan fingerprint density at radius 3 is 2.54 bits per heavy atom. The standard InChI is InChI=1S/C16H10ClF4NO2/c17-9-3-10(18)5-11(4-9)22-6-12(16(19,20)21)14-13(22)2-1-8(7-23)15(14)24/h3-8H,1-2H2. The first-order valence-corrected chi connectivity index (χ1v) is 7.37. The van der Waals surface area contributed by atoms with Crippen molar-refractivity contribution in [3.05, 3.63) is 52.1 Å². The minimum Gasteiger partial charge on any atom is -0.319 e. The summed E-state index contributed by atoms with van der Waals surface area (Å²) >= 11 is 5.77. The van der Waals surface area contributed by atoms with Crippen molar-refractivity contribution in [2.45, 2.75) is 19.0 Å². The van der Waals surface area contributed by atoms with Crippen molar-refractivity contribution < 1.29 is 27.2 Å². The molecule has 0 aliphatic heterocycles. The molecule has 126 valence electrons. The summed E-state index contributed by atoms with van der Waals surface area (Å²) in [5.41, 5.74) is -1.46. The molecular formula is C16H10ClF4NO2. The lowest BCUT2D eigenvalue weighted by Crippen LogP contribution is -2.26. The summed E-state index contributed by atoms with van der Waals surface area (Å²) in [4.78, 5) is 23.2. The van der Waals surface area contributed by atoms with Crippen LogP contribution in [0.5, 0.6) is 0 Å². The Morgan fingerprint density at radius 1 is 1.25 bits per heavy atom. The number of benzene rings is 1. The van der Waals surface area contributed by atoms with Crippen molar-refractivity contribution in [1.29, 1.82) is 0 Å². The number of carbonyl (C=O) groups is 2. The van der Waals surface area contributed by atoms with Crippen LogP contribution in [0.2, 0.25) is 5.02 Å². The molecule has 1 aliphatic carbocycles. The van der Waals surface area contributed by atoms with Crippen LogP contribution in [0.1, 0.15) is 28.0 Å². The maximum absolute atomic E-state index is 13.5. The summed E-state index contributed by atoms with van der Waals surface area (Å²) < 4.78 is 54.6. The van der Waals surface area contributed by atoms with Gasteiger partial charge in [-0.25, -0.2) is 4.39 Å². The maximum Gasteiger partial charge on any atom is 0.418 e. The van der Waals surface area contributed by atoms with Crippen LogP contribution in [-0.2, 0) is 17.4 Å². The second kappa shape index (κ2) is 5.73. The van der Waals surface area contributed by atoms with Crippen LogP contribution in [-0.4, -0.2) is 16.6 Å². The average Bonchev–Trinajstić information content (AvgIpc) is 2.87. The second-order valence-electron chi connectivity index (χ2n) is 5.51. The highest BCUT2D eigenvalue weighted by atomic mass is 35.5. The van der Waals surface area contributed by atoms with Gasteiger partial charge in [-0.1, -0.05) is 11.6 Å². The number of hydrogen-bond donors (Lipinski definition) is 0. The van der Waals surface area contributed by atoms with Gasteiger partial charge in [0.2, 0.25) is 0 Å². The van der Waals surface area contributed by atoms with Crippen molar-refractivity contribution in [1.82, 2.24) is 4.57 Å². The normalized spacial score (nSPS) is 17.7. The van der Waals surface area contributed by atoms with E-state index in [2.05, 4.69) is 0 Å². The van der Waals surface area contributed by atoms with E-state index in [0.29, 0.717) is 6.29 Å². The fraction of sp³-hybridized carbons (Fsp3) is 0.250. The number of Topliss-reactive ketones (excluding diaryl/α,β-unsaturated/α-hetero) is 1. The molecule has 8 heteroatoms. The Bertz CT molecular complexity index is 821. The van der Waals surface area contributed by atoms with Gasteiger partial charge in [0.1, 0.15) is 12.1 Å². The van der Waals surface area contributed by atoms with Crippen molar-refractivity contribution in [3.63, 3.8) is 0 Å². The lowest BCUT2D eigenvalue weighted by Gasteiger charge is -2.20. The number of aromatic nitrogens is 1. The van der Waals surface area contributed by atoms with Gasteiger partial charge in [-0.2, -0.15) is 13.2 Å². The molecular weight excluding hydrogens is 350 g/mol. The Labute approximate surface area is 138 Å². The van der Waals surface area contributed by atoms with E-state index in [1.54, 1.807) is 0 Å². The van der Waals surface area contributed by atoms with Crippen LogP contribution >= 0.6 is 11.6 Å². The summed E-state index contributed by atoms with van der Waals surface area (Å²) in [6.45, 7) is 0. The lowest BCUT2D eigenvalue weighted by atomic mass is 9.85. The van der Waals surface area contributed by atoms with E-state index in [1.165, 1.54) is 6.07 Å². The van der Waals surface area contributed by atoms with Gasteiger partial charge in [-0.05, 0) is 31.0 Å². The first-order chi connectivity index (χ1) is 11.2. The van der Waals surface area contributed by atoms with Gasteiger partial charge >= 0.3 is 6.18 Å². The molecule has 24 heavy (non-hydrogen) atoms. The second-order valence-corrected chi connectivity index (χ2v) is 5.94. The third-order valence-electron chi connectivity index (χ3n) is 3.98. The molecule has 1 unspecified atom stereocenters. The fourth-order valence-corrected chi connectivity index (χ4v) is 3.15. The van der Waals surface area contributed by atoms with Gasteiger partial charge in [0, 0.05) is 22.6 Å². The Morgan fingerprint density at radius 2 is 1.96 bits per heavy atom. The Balaban J connectivity index is 2.27. The van der Waals surface area contributed by atoms with Crippen LogP contribution in [0.15, 0.2) is 24.4 Å². The third kappa shape index (κ3) is 2.73. The highest BCUT2D eigenvalue weighted by Crippen LogP contribution is 2.40. The molecule has 1 aromatic carbocycles. The van der Waals surface area contributed by atoms with E-state index in [9.17, 15) is 27.2 Å². The molecule has 3 nitrogen and oxygen atoms in total. The number of rotatable bonds is 2. The van der Waals surface area contributed by atoms with E-state index >= 15 is 0 Å². The van der Waals surface area contributed by atoms with Crippen LogP contribution in [0.4, 0.5) is 17.6 Å². The number of hydrogen-bond acceptors (Lipinski definition) is 2.